The van der Waals surface area contributed by atoms with E-state index in [0.29, 0.717) is 12.5 Å². The zero-order valence-electron chi connectivity index (χ0n) is 16.4. The van der Waals surface area contributed by atoms with E-state index in [1.165, 1.54) is 5.56 Å². The number of hydrogen-bond donors (Lipinski definition) is 0. The number of hydrogen-bond acceptors (Lipinski definition) is 1. The lowest BCUT2D eigenvalue weighted by atomic mass is 9.60. The van der Waals surface area contributed by atoms with Crippen molar-refractivity contribution in [2.24, 2.45) is 11.8 Å². The van der Waals surface area contributed by atoms with Gasteiger partial charge in [0.05, 0.1) is 0 Å². The lowest BCUT2D eigenvalue weighted by Crippen LogP contribution is -2.59. The molecule has 0 aromatic heterocycles. The quantitative estimate of drug-likeness (QED) is 0.570. The Labute approximate surface area is 172 Å². The summed E-state index contributed by atoms with van der Waals surface area (Å²) in [6, 6.07) is 31.1. The predicted octanol–water partition coefficient (Wildman–Crippen LogP) is 5.21. The number of carbonyl (C=O) groups excluding carboxylic acids is 1. The van der Waals surface area contributed by atoms with Crippen molar-refractivity contribution in [1.82, 2.24) is 4.90 Å². The number of benzene rings is 3. The zero-order chi connectivity index (χ0) is 19.7. The van der Waals surface area contributed by atoms with Gasteiger partial charge in [-0.1, -0.05) is 103 Å². The van der Waals surface area contributed by atoms with Crippen LogP contribution in [0.1, 0.15) is 23.1 Å². The first kappa shape index (κ1) is 17.9. The molecule has 3 aromatic carbocycles. The van der Waals surface area contributed by atoms with E-state index < -0.39 is 5.41 Å². The maximum atomic E-state index is 14.3. The van der Waals surface area contributed by atoms with Crippen LogP contribution in [0.4, 0.5) is 0 Å². The van der Waals surface area contributed by atoms with Crippen LogP contribution in [0.25, 0.3) is 0 Å². The summed E-state index contributed by atoms with van der Waals surface area (Å²) in [6.07, 6.45) is 5.60. The van der Waals surface area contributed by atoms with Crippen LogP contribution in [0, 0.1) is 11.8 Å². The van der Waals surface area contributed by atoms with Gasteiger partial charge < -0.3 is 4.90 Å². The van der Waals surface area contributed by atoms with Gasteiger partial charge in [0.25, 0.3) is 0 Å². The number of allylic oxidation sites excluding steroid dienone is 2. The molecule has 1 saturated heterocycles. The minimum atomic E-state index is -0.673. The predicted molar refractivity (Wildman–Crippen MR) is 116 cm³/mol. The highest BCUT2D eigenvalue weighted by Gasteiger charge is 2.56. The Balaban J connectivity index is 1.68. The Morgan fingerprint density at radius 3 is 1.93 bits per heavy atom. The molecular formula is C27H25NO. The molecule has 5 rings (SSSR count). The minimum absolute atomic E-state index is 0.187. The Kier molecular flexibility index (Phi) is 4.55. The Morgan fingerprint density at radius 2 is 1.34 bits per heavy atom. The van der Waals surface area contributed by atoms with Crippen molar-refractivity contribution in [2.45, 2.75) is 18.4 Å². The van der Waals surface area contributed by atoms with Crippen molar-refractivity contribution in [2.75, 3.05) is 6.54 Å². The molecule has 0 spiro atoms. The monoisotopic (exact) mass is 379 g/mol. The summed E-state index contributed by atoms with van der Waals surface area (Å²) in [5, 5.41) is 0. The van der Waals surface area contributed by atoms with E-state index in [4.69, 9.17) is 0 Å². The van der Waals surface area contributed by atoms with Gasteiger partial charge in [0, 0.05) is 19.0 Å². The number of fused-ring (bicyclic) bond motifs is 1. The lowest BCUT2D eigenvalue weighted by Gasteiger charge is -2.49. The first-order valence-electron chi connectivity index (χ1n) is 10.4. The largest absolute Gasteiger partial charge is 0.337 e. The third kappa shape index (κ3) is 2.91. The standard InChI is InChI=1S/C27H25NO/c29-26-27(23-14-6-2-7-15-23,24-16-8-3-9-17-24)25-18-10-13-22(25)20-28(26)19-21-11-4-1-5-12-21/h1-12,14-18,22,25H,13,19-20H2/t22-,25-/m0/s1. The molecule has 2 heteroatoms. The van der Waals surface area contributed by atoms with Crippen LogP contribution >= 0.6 is 0 Å². The first-order valence-corrected chi connectivity index (χ1v) is 10.4. The van der Waals surface area contributed by atoms with Crippen molar-refractivity contribution < 1.29 is 4.79 Å². The fourth-order valence-electron chi connectivity index (χ4n) is 5.29. The van der Waals surface area contributed by atoms with Crippen LogP contribution in [-0.4, -0.2) is 17.4 Å². The van der Waals surface area contributed by atoms with Gasteiger partial charge in [0.1, 0.15) is 5.41 Å². The highest BCUT2D eigenvalue weighted by atomic mass is 16.2. The summed E-state index contributed by atoms with van der Waals surface area (Å²) < 4.78 is 0. The minimum Gasteiger partial charge on any atom is -0.337 e. The number of likely N-dealkylation sites (tertiary alicyclic amines) is 1. The van der Waals surface area contributed by atoms with Gasteiger partial charge >= 0.3 is 0 Å². The molecular weight excluding hydrogens is 354 g/mol. The van der Waals surface area contributed by atoms with E-state index in [1.54, 1.807) is 0 Å². The average Bonchev–Trinajstić information content (AvgIpc) is 3.25. The van der Waals surface area contributed by atoms with Crippen LogP contribution in [0.2, 0.25) is 0 Å². The number of nitrogens with zero attached hydrogens (tertiary/aromatic N) is 1. The second-order valence-corrected chi connectivity index (χ2v) is 8.16. The number of rotatable bonds is 4. The van der Waals surface area contributed by atoms with E-state index >= 15 is 0 Å². The summed E-state index contributed by atoms with van der Waals surface area (Å²) in [5.74, 6) is 0.843. The molecule has 1 fully saturated rings. The summed E-state index contributed by atoms with van der Waals surface area (Å²) in [7, 11) is 0. The van der Waals surface area contributed by atoms with Crippen molar-refractivity contribution in [3.63, 3.8) is 0 Å². The number of amides is 1. The van der Waals surface area contributed by atoms with Gasteiger partial charge in [0.15, 0.2) is 0 Å². The fraction of sp³-hybridized carbons (Fsp3) is 0.222. The van der Waals surface area contributed by atoms with Gasteiger partial charge in [-0.2, -0.15) is 0 Å². The molecule has 0 unspecified atom stereocenters. The average molecular weight is 380 g/mol. The number of carbonyl (C=O) groups is 1. The van der Waals surface area contributed by atoms with Crippen LogP contribution in [0.15, 0.2) is 103 Å². The topological polar surface area (TPSA) is 20.3 Å². The highest BCUT2D eigenvalue weighted by Crippen LogP contribution is 2.51. The first-order chi connectivity index (χ1) is 14.3. The van der Waals surface area contributed by atoms with Gasteiger partial charge in [-0.15, -0.1) is 0 Å². The molecule has 1 heterocycles. The van der Waals surface area contributed by atoms with Crippen LogP contribution in [-0.2, 0) is 16.8 Å². The molecule has 144 valence electrons. The van der Waals surface area contributed by atoms with E-state index in [0.717, 1.165) is 24.1 Å². The Bertz CT molecular complexity index is 971. The maximum Gasteiger partial charge on any atom is 0.238 e. The molecule has 0 saturated carbocycles. The molecule has 0 bridgehead atoms. The number of piperidine rings is 1. The van der Waals surface area contributed by atoms with Gasteiger partial charge in [-0.05, 0) is 29.0 Å². The normalized spacial score (nSPS) is 22.5. The molecule has 0 radical (unpaired) electrons. The SMILES string of the molecule is O=C1N(Cc2ccccc2)C[C@@H]2CC=C[C@@H]2C1(c1ccccc1)c1ccccc1. The second-order valence-electron chi connectivity index (χ2n) is 8.16. The van der Waals surface area contributed by atoms with E-state index in [9.17, 15) is 4.79 Å². The molecule has 2 atom stereocenters. The molecule has 1 aliphatic carbocycles. The van der Waals surface area contributed by atoms with Crippen molar-refractivity contribution in [1.29, 1.82) is 0 Å². The summed E-state index contributed by atoms with van der Waals surface area (Å²) in [4.78, 5) is 16.4. The van der Waals surface area contributed by atoms with Crippen molar-refractivity contribution in [3.05, 3.63) is 120 Å². The molecule has 3 aromatic rings. The summed E-state index contributed by atoms with van der Waals surface area (Å²) >= 11 is 0. The van der Waals surface area contributed by atoms with Crippen LogP contribution < -0.4 is 0 Å². The van der Waals surface area contributed by atoms with Crippen LogP contribution in [0.5, 0.6) is 0 Å². The molecule has 2 nitrogen and oxygen atoms in total. The van der Waals surface area contributed by atoms with E-state index in [-0.39, 0.29) is 11.8 Å². The third-order valence-electron chi connectivity index (χ3n) is 6.54. The molecule has 1 amide bonds. The Morgan fingerprint density at radius 1 is 0.793 bits per heavy atom. The van der Waals surface area contributed by atoms with Gasteiger partial charge in [-0.25, -0.2) is 0 Å². The van der Waals surface area contributed by atoms with E-state index in [1.807, 2.05) is 30.3 Å². The highest BCUT2D eigenvalue weighted by molar-refractivity contribution is 5.94. The maximum absolute atomic E-state index is 14.3. The van der Waals surface area contributed by atoms with Crippen LogP contribution in [0.3, 0.4) is 0 Å². The van der Waals surface area contributed by atoms with E-state index in [2.05, 4.69) is 77.7 Å². The van der Waals surface area contributed by atoms with Gasteiger partial charge in [-0.3, -0.25) is 4.79 Å². The van der Waals surface area contributed by atoms with Crippen molar-refractivity contribution in [3.8, 4) is 0 Å². The van der Waals surface area contributed by atoms with Gasteiger partial charge in [0.2, 0.25) is 5.91 Å². The second kappa shape index (κ2) is 7.36. The lowest BCUT2D eigenvalue weighted by molar-refractivity contribution is -0.144. The Hall–Kier alpha value is -3.13. The molecule has 29 heavy (non-hydrogen) atoms. The zero-order valence-corrected chi connectivity index (χ0v) is 16.4. The molecule has 1 aliphatic heterocycles. The third-order valence-corrected chi connectivity index (χ3v) is 6.54. The summed E-state index contributed by atoms with van der Waals surface area (Å²) in [5.41, 5.74) is 2.69. The fourth-order valence-corrected chi connectivity index (χ4v) is 5.29. The molecule has 0 N–H and O–H groups in total. The summed E-state index contributed by atoms with van der Waals surface area (Å²) in [6.45, 7) is 1.47. The molecule has 2 aliphatic rings. The smallest absolute Gasteiger partial charge is 0.238 e. The van der Waals surface area contributed by atoms with Crippen molar-refractivity contribution >= 4 is 5.91 Å².